The maximum Gasteiger partial charge on any atom is 0.225 e. The van der Waals surface area contributed by atoms with Crippen LogP contribution in [0.2, 0.25) is 0 Å². The molecule has 29 heteroatoms. The Kier molecular flexibility index (Phi) is 17.7. The smallest absolute Gasteiger partial charge is 0.225 e. The molecule has 0 saturated heterocycles. The van der Waals surface area contributed by atoms with Crippen molar-refractivity contribution in [3.05, 3.63) is 253 Å². The molecule has 18 nitrogen and oxygen atoms in total. The fraction of sp³-hybridized carbons (Fsp3) is 0.0571. The molecule has 0 amide bonds. The van der Waals surface area contributed by atoms with Crippen LogP contribution in [0, 0.1) is 93.1 Å². The number of aryl methyl sites for hydroxylation is 1. The number of benzene rings is 2. The minimum atomic E-state index is -1.04. The molecule has 14 aromatic rings. The lowest BCUT2D eigenvalue weighted by atomic mass is 9.84. The number of pyridine rings is 6. The van der Waals surface area contributed by atoms with Gasteiger partial charge in [0.05, 0.1) is 176 Å². The zero-order valence-electron chi connectivity index (χ0n) is 51.3. The van der Waals surface area contributed by atoms with E-state index in [1.807, 2.05) is 20.8 Å². The maximum absolute atomic E-state index is 14.7. The highest BCUT2D eigenvalue weighted by molar-refractivity contribution is 5.89. The number of aromatic nitrogens is 18. The predicted molar refractivity (Wildman–Crippen MR) is 337 cm³/mol. The van der Waals surface area contributed by atoms with E-state index in [-0.39, 0.29) is 61.9 Å². The van der Waals surface area contributed by atoms with Crippen LogP contribution >= 0.6 is 0 Å². The van der Waals surface area contributed by atoms with E-state index in [0.717, 1.165) is 47.0 Å². The third kappa shape index (κ3) is 13.4. The Balaban J connectivity index is 0.000000178. The lowest BCUT2D eigenvalue weighted by Gasteiger charge is -2.22. The van der Waals surface area contributed by atoms with Gasteiger partial charge in [-0.25, -0.2) is 4.98 Å². The number of halogens is 11. The summed E-state index contributed by atoms with van der Waals surface area (Å²) in [6, 6.07) is 19.6. The molecule has 0 radical (unpaired) electrons. The van der Waals surface area contributed by atoms with Gasteiger partial charge in [0.1, 0.15) is 0 Å². The van der Waals surface area contributed by atoms with Crippen molar-refractivity contribution in [2.24, 2.45) is 0 Å². The van der Waals surface area contributed by atoms with Crippen LogP contribution < -0.4 is 0 Å². The second-order valence-electron chi connectivity index (χ2n) is 21.7. The van der Waals surface area contributed by atoms with Gasteiger partial charge >= 0.3 is 0 Å². The standard InChI is InChI=1S/C37H24F5N9.C33H15F6N9/c1-17-5-6-21(35(40)49-17)24-11-46-27(14-43-24)32-18(2)33(28-15-44-25(12-47-28)22-7-9-30(38)50-36(22)41)20(4)34(19(32)3)29-16-45-26(13-48-29)23-8-10-31(39)51-37(23)42;34-28-4-1-19(31(37)46-28)25-13-40-22(10-43-25)16-7-17(23-11-44-26(14-41-23)20-2-5-29(35)47-32(20)38)9-18(8-16)24-12-45-27(15-42-24)21-3-6-30(36)48-33(21)39/h5-16H,1-4H3;1-15H. The Bertz CT molecular complexity index is 4870. The van der Waals surface area contributed by atoms with Crippen molar-refractivity contribution in [1.29, 1.82) is 0 Å². The van der Waals surface area contributed by atoms with E-state index < -0.39 is 65.4 Å². The van der Waals surface area contributed by atoms with Gasteiger partial charge in [0.15, 0.2) is 0 Å². The molecule has 486 valence electrons. The number of hydrogen-bond donors (Lipinski definition) is 0. The Hall–Kier alpha value is -13.0. The third-order valence-electron chi connectivity index (χ3n) is 15.5. The molecule has 14 rings (SSSR count). The van der Waals surface area contributed by atoms with Crippen molar-refractivity contribution >= 4 is 0 Å². The fourth-order valence-electron chi connectivity index (χ4n) is 10.8. The van der Waals surface area contributed by atoms with Crippen LogP contribution in [0.1, 0.15) is 22.4 Å². The summed E-state index contributed by atoms with van der Waals surface area (Å²) in [5, 5.41) is 0. The second kappa shape index (κ2) is 27.0. The Morgan fingerprint density at radius 3 is 0.576 bits per heavy atom. The summed E-state index contributed by atoms with van der Waals surface area (Å²) in [5.41, 5.74) is 9.61. The molecular formula is C70H39F11N18. The van der Waals surface area contributed by atoms with E-state index in [9.17, 15) is 48.3 Å². The van der Waals surface area contributed by atoms with Crippen molar-refractivity contribution < 1.29 is 48.3 Å². The summed E-state index contributed by atoms with van der Waals surface area (Å²) >= 11 is 0. The molecule has 2 aromatic carbocycles. The SMILES string of the molecule is Cc1ccc(-c2cnc(-c3c(C)c(-c4cnc(-c5ccc(F)nc5F)cn4)c(C)c(-c4cnc(-c5ccc(F)nc5F)cn4)c3C)cn2)c(F)n1.Fc1ccc(-c2cnc(-c3cc(-c4cnc(-c5ccc(F)nc5F)cn4)cc(-c4cnc(-c5ccc(F)nc5F)cn4)c3)cn2)c(F)n1. The van der Waals surface area contributed by atoms with E-state index >= 15 is 0 Å². The molecule has 0 atom stereocenters. The van der Waals surface area contributed by atoms with E-state index in [1.54, 1.807) is 37.3 Å². The van der Waals surface area contributed by atoms with Crippen molar-refractivity contribution in [2.75, 3.05) is 0 Å². The lowest BCUT2D eigenvalue weighted by molar-refractivity contribution is 0.514. The van der Waals surface area contributed by atoms with Crippen LogP contribution in [0.25, 0.3) is 135 Å². The number of nitrogens with zero attached hydrogens (tertiary/aromatic N) is 18. The molecule has 12 aromatic heterocycles. The van der Waals surface area contributed by atoms with Crippen LogP contribution in [0.3, 0.4) is 0 Å². The molecule has 0 aliphatic carbocycles. The molecule has 0 aliphatic rings. The first-order valence-corrected chi connectivity index (χ1v) is 29.2. The van der Waals surface area contributed by atoms with Gasteiger partial charge in [-0.15, -0.1) is 0 Å². The summed E-state index contributed by atoms with van der Waals surface area (Å²) in [7, 11) is 0. The average molecular weight is 1340 g/mol. The highest BCUT2D eigenvalue weighted by Crippen LogP contribution is 2.43. The Labute approximate surface area is 551 Å². The maximum atomic E-state index is 14.7. The zero-order chi connectivity index (χ0) is 69.3. The van der Waals surface area contributed by atoms with E-state index in [0.29, 0.717) is 78.9 Å². The molecule has 0 aliphatic heterocycles. The minimum Gasteiger partial charge on any atom is -0.252 e. The zero-order valence-corrected chi connectivity index (χ0v) is 51.3. The summed E-state index contributed by atoms with van der Waals surface area (Å²) in [6.45, 7) is 7.32. The second-order valence-corrected chi connectivity index (χ2v) is 21.7. The topological polar surface area (TPSA) is 232 Å². The number of hydrogen-bond acceptors (Lipinski definition) is 18. The van der Waals surface area contributed by atoms with Gasteiger partial charge in [-0.2, -0.15) is 73.2 Å². The first-order valence-electron chi connectivity index (χ1n) is 29.2. The van der Waals surface area contributed by atoms with Crippen LogP contribution in [-0.4, -0.2) is 89.7 Å². The Morgan fingerprint density at radius 1 is 0.202 bits per heavy atom. The molecule has 12 heterocycles. The summed E-state index contributed by atoms with van der Waals surface area (Å²) < 4.78 is 153. The lowest BCUT2D eigenvalue weighted by Crippen LogP contribution is -2.05. The number of rotatable bonds is 12. The summed E-state index contributed by atoms with van der Waals surface area (Å²) in [5.74, 6) is -10.7. The largest absolute Gasteiger partial charge is 0.252 e. The van der Waals surface area contributed by atoms with Gasteiger partial charge in [-0.05, 0) is 135 Å². The molecule has 0 N–H and O–H groups in total. The van der Waals surface area contributed by atoms with E-state index in [2.05, 4.69) is 89.7 Å². The van der Waals surface area contributed by atoms with Crippen LogP contribution in [-0.2, 0) is 0 Å². The molecule has 0 unspecified atom stereocenters. The minimum absolute atomic E-state index is 0.0205. The quantitative estimate of drug-likeness (QED) is 0.0817. The highest BCUT2D eigenvalue weighted by Gasteiger charge is 2.26. The first-order chi connectivity index (χ1) is 47.7. The summed E-state index contributed by atoms with van der Waals surface area (Å²) in [4.78, 5) is 73.2. The Morgan fingerprint density at radius 2 is 0.384 bits per heavy atom. The van der Waals surface area contributed by atoms with Crippen molar-refractivity contribution in [3.63, 3.8) is 0 Å². The molecule has 0 bridgehead atoms. The molecule has 0 fully saturated rings. The van der Waals surface area contributed by atoms with Gasteiger partial charge in [-0.1, -0.05) is 0 Å². The summed E-state index contributed by atoms with van der Waals surface area (Å²) in [6.07, 6.45) is 16.7. The molecular weight excluding hydrogens is 1300 g/mol. The molecule has 99 heavy (non-hydrogen) atoms. The molecule has 0 saturated carbocycles. The third-order valence-corrected chi connectivity index (χ3v) is 15.5. The highest BCUT2D eigenvalue weighted by atomic mass is 19.2. The average Bonchev–Trinajstić information content (AvgIpc) is 0.747. The predicted octanol–water partition coefficient (Wildman–Crippen LogP) is 15.3. The van der Waals surface area contributed by atoms with E-state index in [1.165, 1.54) is 105 Å². The van der Waals surface area contributed by atoms with Crippen molar-refractivity contribution in [1.82, 2.24) is 89.7 Å². The van der Waals surface area contributed by atoms with Gasteiger partial charge < -0.3 is 0 Å². The fourth-order valence-corrected chi connectivity index (χ4v) is 10.8. The molecule has 0 spiro atoms. The van der Waals surface area contributed by atoms with Crippen LogP contribution in [0.4, 0.5) is 48.3 Å². The first kappa shape index (κ1) is 64.7. The van der Waals surface area contributed by atoms with Gasteiger partial charge in [0, 0.05) is 39.1 Å². The van der Waals surface area contributed by atoms with E-state index in [4.69, 9.17) is 0 Å². The van der Waals surface area contributed by atoms with Gasteiger partial charge in [-0.3, -0.25) is 59.8 Å². The van der Waals surface area contributed by atoms with Gasteiger partial charge in [0.25, 0.3) is 0 Å². The normalized spacial score (nSPS) is 11.2. The van der Waals surface area contributed by atoms with Crippen LogP contribution in [0.5, 0.6) is 0 Å². The van der Waals surface area contributed by atoms with Gasteiger partial charge in [0.2, 0.25) is 65.4 Å². The van der Waals surface area contributed by atoms with Crippen molar-refractivity contribution in [3.8, 4) is 135 Å². The van der Waals surface area contributed by atoms with Crippen molar-refractivity contribution in [2.45, 2.75) is 27.7 Å². The monoisotopic (exact) mass is 1340 g/mol. The van der Waals surface area contributed by atoms with Crippen LogP contribution in [0.15, 0.2) is 165 Å².